The summed E-state index contributed by atoms with van der Waals surface area (Å²) in [4.78, 5) is 38.2. The normalized spacial score (nSPS) is 13.3. The lowest BCUT2D eigenvalue weighted by Gasteiger charge is -2.28. The van der Waals surface area contributed by atoms with E-state index in [1.165, 1.54) is 321 Å². The maximum absolute atomic E-state index is 12.9. The average molecular weight is 1290 g/mol. The van der Waals surface area contributed by atoms with Crippen molar-refractivity contribution in [2.75, 3.05) is 47.5 Å². The van der Waals surface area contributed by atoms with Gasteiger partial charge in [-0.25, -0.2) is 0 Å². The van der Waals surface area contributed by atoms with E-state index in [1.807, 2.05) is 21.1 Å². The molecule has 0 N–H and O–H groups in total. The van der Waals surface area contributed by atoms with Gasteiger partial charge >= 0.3 is 11.9 Å². The third-order valence-electron chi connectivity index (χ3n) is 17.8. The highest BCUT2D eigenvalue weighted by atomic mass is 31.2. The minimum Gasteiger partial charge on any atom is -0.756 e. The molecule has 0 amide bonds. The number of carbonyl (C=O) groups is 2. The first-order chi connectivity index (χ1) is 44.0. The lowest BCUT2D eigenvalue weighted by Crippen LogP contribution is -2.37. The number of phosphoric acid groups is 1. The first-order valence-electron chi connectivity index (χ1n) is 39.3. The summed E-state index contributed by atoms with van der Waals surface area (Å²) in [6, 6.07) is 0. The second-order valence-electron chi connectivity index (χ2n) is 28.1. The molecule has 0 aromatic rings. The van der Waals surface area contributed by atoms with Gasteiger partial charge in [0, 0.05) is 12.8 Å². The highest BCUT2D eigenvalue weighted by Gasteiger charge is 2.22. The molecule has 0 heterocycles. The summed E-state index contributed by atoms with van der Waals surface area (Å²) in [5, 5.41) is 0. The predicted octanol–water partition coefficient (Wildman–Crippen LogP) is 25.3. The second-order valence-corrected chi connectivity index (χ2v) is 29.5. The maximum atomic E-state index is 12.9. The Balaban J connectivity index is 3.93. The van der Waals surface area contributed by atoms with E-state index < -0.39 is 26.5 Å². The van der Waals surface area contributed by atoms with Gasteiger partial charge in [0.2, 0.25) is 0 Å². The lowest BCUT2D eigenvalue weighted by atomic mass is 10.0. The van der Waals surface area contributed by atoms with Crippen LogP contribution in [0.1, 0.15) is 399 Å². The third-order valence-corrected chi connectivity index (χ3v) is 18.8. The van der Waals surface area contributed by atoms with Crippen LogP contribution in [0.3, 0.4) is 0 Å². The molecule has 0 aromatic heterocycles. The molecular formula is C80H152NO8P. The van der Waals surface area contributed by atoms with Crippen molar-refractivity contribution in [2.24, 2.45) is 0 Å². The van der Waals surface area contributed by atoms with Gasteiger partial charge in [-0.3, -0.25) is 14.2 Å². The highest BCUT2D eigenvalue weighted by Crippen LogP contribution is 2.38. The average Bonchev–Trinajstić information content (AvgIpc) is 3.58. The Hall–Kier alpha value is -2.03. The van der Waals surface area contributed by atoms with Crippen LogP contribution in [0, 0.1) is 0 Å². The summed E-state index contributed by atoms with van der Waals surface area (Å²) in [6.45, 7) is 4.30. The Kier molecular flexibility index (Phi) is 69.7. The molecule has 2 unspecified atom stereocenters. The molecule has 90 heavy (non-hydrogen) atoms. The number of quaternary nitrogens is 1. The molecule has 2 atom stereocenters. The molecule has 0 radical (unpaired) electrons. The predicted molar refractivity (Wildman–Crippen MR) is 388 cm³/mol. The molecule has 0 spiro atoms. The molecule has 0 aliphatic rings. The number of hydrogen-bond donors (Lipinski definition) is 0. The van der Waals surface area contributed by atoms with Crippen molar-refractivity contribution in [3.05, 3.63) is 48.6 Å². The fourth-order valence-electron chi connectivity index (χ4n) is 11.8. The van der Waals surface area contributed by atoms with Gasteiger partial charge in [-0.15, -0.1) is 0 Å². The first kappa shape index (κ1) is 88.0. The van der Waals surface area contributed by atoms with Crippen LogP contribution in [0.25, 0.3) is 0 Å². The number of nitrogens with zero attached hydrogens (tertiary/aromatic N) is 1. The van der Waals surface area contributed by atoms with Gasteiger partial charge in [-0.2, -0.15) is 0 Å². The van der Waals surface area contributed by atoms with E-state index in [2.05, 4.69) is 62.5 Å². The zero-order chi connectivity index (χ0) is 65.5. The standard InChI is InChI=1S/C80H152NO8P/c1-6-8-10-12-14-16-18-20-22-24-26-28-30-32-34-36-37-38-39-40-41-42-43-45-47-49-51-53-55-57-59-61-63-65-67-69-71-73-80(83)89-78(77-88-90(84,85)87-75-74-81(3,4)5)76-86-79(82)72-70-68-66-64-62-60-58-56-54-52-50-48-46-44-35-33-31-29-27-25-23-21-19-17-15-13-11-9-7-2/h18,20,24-27,30,32,78H,6-17,19,21-23,28-29,31,33-77H2,1-5H3/b20-18-,26-24-,27-25-,32-30-. The molecule has 9 nitrogen and oxygen atoms in total. The Morgan fingerprint density at radius 1 is 0.344 bits per heavy atom. The summed E-state index contributed by atoms with van der Waals surface area (Å²) in [7, 11) is 1.19. The minimum atomic E-state index is -4.64. The smallest absolute Gasteiger partial charge is 0.306 e. The second kappa shape index (κ2) is 71.3. The Morgan fingerprint density at radius 2 is 0.600 bits per heavy atom. The monoisotopic (exact) mass is 1290 g/mol. The molecule has 0 saturated heterocycles. The molecule has 0 bridgehead atoms. The van der Waals surface area contributed by atoms with Gasteiger partial charge in [0.05, 0.1) is 27.7 Å². The summed E-state index contributed by atoms with van der Waals surface area (Å²) >= 11 is 0. The van der Waals surface area contributed by atoms with Crippen molar-refractivity contribution in [3.8, 4) is 0 Å². The van der Waals surface area contributed by atoms with Crippen molar-refractivity contribution in [2.45, 2.75) is 405 Å². The van der Waals surface area contributed by atoms with E-state index in [9.17, 15) is 19.0 Å². The summed E-state index contributed by atoms with van der Waals surface area (Å²) in [5.74, 6) is -0.810. The zero-order valence-electron chi connectivity index (χ0n) is 60.6. The van der Waals surface area contributed by atoms with Crippen LogP contribution in [0.5, 0.6) is 0 Å². The van der Waals surface area contributed by atoms with Crippen LogP contribution < -0.4 is 4.89 Å². The Labute approximate surface area is 560 Å². The third kappa shape index (κ3) is 75.0. The molecule has 0 saturated carbocycles. The fourth-order valence-corrected chi connectivity index (χ4v) is 12.5. The van der Waals surface area contributed by atoms with Crippen molar-refractivity contribution >= 4 is 19.8 Å². The number of ether oxygens (including phenoxy) is 2. The van der Waals surface area contributed by atoms with Gasteiger partial charge in [0.1, 0.15) is 19.8 Å². The van der Waals surface area contributed by atoms with Crippen LogP contribution in [0.4, 0.5) is 0 Å². The highest BCUT2D eigenvalue weighted by molar-refractivity contribution is 7.45. The van der Waals surface area contributed by atoms with Crippen molar-refractivity contribution < 1.29 is 42.1 Å². The van der Waals surface area contributed by atoms with Crippen LogP contribution in [0.2, 0.25) is 0 Å². The number of unbranched alkanes of at least 4 members (excludes halogenated alkanes) is 52. The first-order valence-corrected chi connectivity index (χ1v) is 40.8. The van der Waals surface area contributed by atoms with Crippen molar-refractivity contribution in [3.63, 3.8) is 0 Å². The molecule has 0 aliphatic carbocycles. The van der Waals surface area contributed by atoms with E-state index >= 15 is 0 Å². The number of likely N-dealkylation sites (N-methyl/N-ethyl adjacent to an activating group) is 1. The molecule has 0 aromatic carbocycles. The van der Waals surface area contributed by atoms with E-state index in [0.717, 1.165) is 44.9 Å². The molecule has 10 heteroatoms. The summed E-state index contributed by atoms with van der Waals surface area (Å²) < 4.78 is 34.4. The number of esters is 2. The Bertz CT molecular complexity index is 1660. The molecule has 0 fully saturated rings. The van der Waals surface area contributed by atoms with Crippen LogP contribution >= 0.6 is 7.82 Å². The fraction of sp³-hybridized carbons (Fsp3) is 0.875. The lowest BCUT2D eigenvalue weighted by molar-refractivity contribution is -0.870. The SMILES string of the molecule is CCCCCCC/C=C\C/C=C\C/C=C\CCCCCCCCCCCCCCCCCCCCCCCCC(=O)OC(COC(=O)CCCCCCCCCCCCCCCCCCC/C=C\CCCCCCCCCC)COP(=O)([O-])OCC[N+](C)(C)C. The van der Waals surface area contributed by atoms with Crippen LogP contribution in [0.15, 0.2) is 48.6 Å². The van der Waals surface area contributed by atoms with Gasteiger partial charge in [-0.1, -0.05) is 358 Å². The number of rotatable bonds is 74. The number of carbonyl (C=O) groups excluding carboxylic acids is 2. The van der Waals surface area contributed by atoms with E-state index in [1.54, 1.807) is 0 Å². The number of hydrogen-bond acceptors (Lipinski definition) is 8. The van der Waals surface area contributed by atoms with Gasteiger partial charge in [0.25, 0.3) is 7.82 Å². The number of allylic oxidation sites excluding steroid dienone is 8. The maximum Gasteiger partial charge on any atom is 0.306 e. The largest absolute Gasteiger partial charge is 0.756 e. The quantitative estimate of drug-likeness (QED) is 0.0195. The minimum absolute atomic E-state index is 0.0281. The van der Waals surface area contributed by atoms with Crippen molar-refractivity contribution in [1.29, 1.82) is 0 Å². The zero-order valence-corrected chi connectivity index (χ0v) is 61.5. The van der Waals surface area contributed by atoms with Gasteiger partial charge < -0.3 is 27.9 Å². The van der Waals surface area contributed by atoms with E-state index in [-0.39, 0.29) is 32.0 Å². The van der Waals surface area contributed by atoms with Crippen molar-refractivity contribution in [1.82, 2.24) is 0 Å². The van der Waals surface area contributed by atoms with E-state index in [4.69, 9.17) is 18.5 Å². The van der Waals surface area contributed by atoms with Gasteiger partial charge in [0.15, 0.2) is 6.10 Å². The molecule has 0 aliphatic heterocycles. The molecule has 0 rings (SSSR count). The molecular weight excluding hydrogens is 1130 g/mol. The van der Waals surface area contributed by atoms with Gasteiger partial charge in [-0.05, 0) is 77.0 Å². The summed E-state index contributed by atoms with van der Waals surface area (Å²) in [6.07, 6.45) is 93.7. The topological polar surface area (TPSA) is 111 Å². The van der Waals surface area contributed by atoms with Crippen LogP contribution in [-0.2, 0) is 32.7 Å². The number of phosphoric ester groups is 1. The van der Waals surface area contributed by atoms with E-state index in [0.29, 0.717) is 17.4 Å². The summed E-state index contributed by atoms with van der Waals surface area (Å²) in [5.41, 5.74) is 0. The molecule has 530 valence electrons. The Morgan fingerprint density at radius 3 is 0.900 bits per heavy atom. The van der Waals surface area contributed by atoms with Crippen LogP contribution in [-0.4, -0.2) is 70.0 Å².